The maximum absolute atomic E-state index is 5.39. The van der Waals surface area contributed by atoms with Crippen LogP contribution in [0, 0.1) is 0 Å². The van der Waals surface area contributed by atoms with Crippen molar-refractivity contribution in [3.8, 4) is 11.4 Å². The van der Waals surface area contributed by atoms with E-state index in [4.69, 9.17) is 11.8 Å². The van der Waals surface area contributed by atoms with E-state index < -0.39 is 0 Å². The number of nitrogens with zero attached hydrogens (tertiary/aromatic N) is 2. The molecule has 82 valence electrons. The molecule has 3 nitrogen and oxygen atoms in total. The normalized spacial score (nSPS) is 10.3. The fourth-order valence-corrected chi connectivity index (χ4v) is 1.51. The number of nitrogens with one attached hydrogen (secondary N) is 1. The van der Waals surface area contributed by atoms with Crippen LogP contribution in [0.15, 0.2) is 42.7 Å². The molecule has 0 bridgehead atoms. The largest absolute Gasteiger partial charge is 0.236 e. The second-order valence-electron chi connectivity index (χ2n) is 3.41. The topological polar surface area (TPSA) is 37.8 Å². The van der Waals surface area contributed by atoms with Crippen LogP contribution >= 0.6 is 11.8 Å². The molecular formula is C12H12ClN3. The van der Waals surface area contributed by atoms with Gasteiger partial charge in [-0.15, -0.1) is 0 Å². The molecule has 0 spiro atoms. The Bertz CT molecular complexity index is 428. The van der Waals surface area contributed by atoms with Crippen molar-refractivity contribution in [3.63, 3.8) is 0 Å². The van der Waals surface area contributed by atoms with Crippen LogP contribution in [0.4, 0.5) is 0 Å². The predicted octanol–water partition coefficient (Wildman–Crippen LogP) is 2.43. The number of hydrogen-bond acceptors (Lipinski definition) is 3. The van der Waals surface area contributed by atoms with Gasteiger partial charge in [-0.2, -0.15) is 0 Å². The molecule has 0 aliphatic carbocycles. The van der Waals surface area contributed by atoms with Crippen molar-refractivity contribution in [2.24, 2.45) is 0 Å². The van der Waals surface area contributed by atoms with E-state index in [9.17, 15) is 0 Å². The van der Waals surface area contributed by atoms with E-state index in [1.807, 2.05) is 42.7 Å². The van der Waals surface area contributed by atoms with Gasteiger partial charge < -0.3 is 0 Å². The van der Waals surface area contributed by atoms with E-state index >= 15 is 0 Å². The van der Waals surface area contributed by atoms with Crippen molar-refractivity contribution in [1.29, 1.82) is 0 Å². The van der Waals surface area contributed by atoms with Gasteiger partial charge in [0.2, 0.25) is 0 Å². The van der Waals surface area contributed by atoms with E-state index in [-0.39, 0.29) is 0 Å². The van der Waals surface area contributed by atoms with Gasteiger partial charge >= 0.3 is 0 Å². The third-order valence-corrected chi connectivity index (χ3v) is 2.43. The molecule has 1 aromatic heterocycles. The molecule has 1 N–H and O–H groups in total. The summed E-state index contributed by atoms with van der Waals surface area (Å²) in [4.78, 5) is 11.2. The van der Waals surface area contributed by atoms with E-state index in [0.29, 0.717) is 0 Å². The molecule has 0 unspecified atom stereocenters. The van der Waals surface area contributed by atoms with Crippen molar-refractivity contribution in [3.05, 3.63) is 48.3 Å². The summed E-state index contributed by atoms with van der Waals surface area (Å²) in [6.45, 7) is 0.718. The lowest BCUT2D eigenvalue weighted by atomic mass is 10.2. The standard InChI is InChI=1S/C12H12ClN3/c13-16-7-6-10-8-14-12(15-9-10)11-4-2-1-3-5-11/h1-5,8-9,16H,6-7H2. The van der Waals surface area contributed by atoms with E-state index in [1.54, 1.807) is 0 Å². The summed E-state index contributed by atoms with van der Waals surface area (Å²) in [5, 5.41) is 0. The highest BCUT2D eigenvalue weighted by atomic mass is 35.5. The molecule has 2 rings (SSSR count). The van der Waals surface area contributed by atoms with Gasteiger partial charge in [0.1, 0.15) is 0 Å². The van der Waals surface area contributed by atoms with Crippen molar-refractivity contribution in [1.82, 2.24) is 14.8 Å². The molecule has 0 radical (unpaired) electrons. The monoisotopic (exact) mass is 233 g/mol. The number of hydrogen-bond donors (Lipinski definition) is 1. The zero-order valence-corrected chi connectivity index (χ0v) is 9.48. The Balaban J connectivity index is 2.13. The first-order valence-corrected chi connectivity index (χ1v) is 5.48. The summed E-state index contributed by atoms with van der Waals surface area (Å²) in [5.41, 5.74) is 2.11. The quantitative estimate of drug-likeness (QED) is 0.825. The summed E-state index contributed by atoms with van der Waals surface area (Å²) >= 11 is 5.39. The molecule has 0 aliphatic heterocycles. The minimum atomic E-state index is 0.718. The van der Waals surface area contributed by atoms with E-state index in [2.05, 4.69) is 14.8 Å². The number of aromatic nitrogens is 2. The Morgan fingerprint density at radius 1 is 1.06 bits per heavy atom. The average molecular weight is 234 g/mol. The molecule has 1 aromatic carbocycles. The van der Waals surface area contributed by atoms with Crippen LogP contribution in [-0.4, -0.2) is 16.5 Å². The lowest BCUT2D eigenvalue weighted by Crippen LogP contribution is -2.05. The van der Waals surface area contributed by atoms with Gasteiger partial charge in [0.15, 0.2) is 5.82 Å². The molecule has 0 fully saturated rings. The van der Waals surface area contributed by atoms with Gasteiger partial charge in [-0.05, 0) is 23.8 Å². The van der Waals surface area contributed by atoms with Gasteiger partial charge in [-0.3, -0.25) is 0 Å². The molecule has 0 saturated carbocycles. The van der Waals surface area contributed by atoms with Gasteiger partial charge in [-0.1, -0.05) is 30.3 Å². The maximum Gasteiger partial charge on any atom is 0.159 e. The van der Waals surface area contributed by atoms with Crippen LogP contribution in [-0.2, 0) is 6.42 Å². The first-order valence-electron chi connectivity index (χ1n) is 5.10. The molecule has 4 heteroatoms. The highest BCUT2D eigenvalue weighted by molar-refractivity contribution is 6.13. The number of benzene rings is 1. The third kappa shape index (κ3) is 2.78. The van der Waals surface area contributed by atoms with E-state index in [0.717, 1.165) is 29.9 Å². The molecular weight excluding hydrogens is 222 g/mol. The van der Waals surface area contributed by atoms with Gasteiger partial charge in [-0.25, -0.2) is 14.8 Å². The van der Waals surface area contributed by atoms with Crippen molar-refractivity contribution < 1.29 is 0 Å². The molecule has 0 aliphatic rings. The van der Waals surface area contributed by atoms with Crippen molar-refractivity contribution in [2.75, 3.05) is 6.54 Å². The number of halogens is 1. The first-order chi connectivity index (χ1) is 7.90. The molecule has 0 atom stereocenters. The zero-order chi connectivity index (χ0) is 11.2. The van der Waals surface area contributed by atoms with Crippen molar-refractivity contribution >= 4 is 11.8 Å². The Labute approximate surface area is 99.6 Å². The summed E-state index contributed by atoms with van der Waals surface area (Å²) in [7, 11) is 0. The number of rotatable bonds is 4. The maximum atomic E-state index is 5.39. The molecule has 2 aromatic rings. The summed E-state index contributed by atoms with van der Waals surface area (Å²) < 4.78 is 0. The van der Waals surface area contributed by atoms with Crippen LogP contribution in [0.5, 0.6) is 0 Å². The highest BCUT2D eigenvalue weighted by Gasteiger charge is 2.00. The lowest BCUT2D eigenvalue weighted by molar-refractivity contribution is 0.885. The fourth-order valence-electron chi connectivity index (χ4n) is 1.41. The van der Waals surface area contributed by atoms with Gasteiger partial charge in [0.05, 0.1) is 0 Å². The first kappa shape index (κ1) is 11.0. The molecule has 0 amide bonds. The average Bonchev–Trinajstić information content (AvgIpc) is 2.38. The second-order valence-corrected chi connectivity index (χ2v) is 3.68. The summed E-state index contributed by atoms with van der Waals surface area (Å²) in [5.74, 6) is 0.753. The lowest BCUT2D eigenvalue weighted by Gasteiger charge is -2.01. The second kappa shape index (κ2) is 5.58. The van der Waals surface area contributed by atoms with Crippen molar-refractivity contribution in [2.45, 2.75) is 6.42 Å². The SMILES string of the molecule is ClNCCc1cnc(-c2ccccc2)nc1. The molecule has 0 saturated heterocycles. The smallest absolute Gasteiger partial charge is 0.159 e. The van der Waals surface area contributed by atoms with E-state index in [1.165, 1.54) is 0 Å². The van der Waals surface area contributed by atoms with Crippen LogP contribution in [0.25, 0.3) is 11.4 Å². The zero-order valence-electron chi connectivity index (χ0n) is 8.73. The third-order valence-electron chi connectivity index (χ3n) is 2.25. The van der Waals surface area contributed by atoms with Crippen LogP contribution in [0.2, 0.25) is 0 Å². The Morgan fingerprint density at radius 2 is 1.75 bits per heavy atom. The Morgan fingerprint density at radius 3 is 2.38 bits per heavy atom. The van der Waals surface area contributed by atoms with Crippen LogP contribution in [0.1, 0.15) is 5.56 Å². The Hall–Kier alpha value is -1.45. The minimum Gasteiger partial charge on any atom is -0.236 e. The van der Waals surface area contributed by atoms with Gasteiger partial charge in [0, 0.05) is 24.5 Å². The van der Waals surface area contributed by atoms with Gasteiger partial charge in [0.25, 0.3) is 0 Å². The molecule has 16 heavy (non-hydrogen) atoms. The van der Waals surface area contributed by atoms with Crippen LogP contribution < -0.4 is 4.84 Å². The van der Waals surface area contributed by atoms with Crippen LogP contribution in [0.3, 0.4) is 0 Å². The minimum absolute atomic E-state index is 0.718. The molecule has 1 heterocycles. The Kier molecular flexibility index (Phi) is 3.86. The summed E-state index contributed by atoms with van der Waals surface area (Å²) in [6, 6.07) is 9.92. The predicted molar refractivity (Wildman–Crippen MR) is 65.0 cm³/mol. The highest BCUT2D eigenvalue weighted by Crippen LogP contribution is 2.13. The summed E-state index contributed by atoms with van der Waals surface area (Å²) in [6.07, 6.45) is 4.51. The fraction of sp³-hybridized carbons (Fsp3) is 0.167.